The molecule has 1 amide bonds. The van der Waals surface area contributed by atoms with Gasteiger partial charge in [-0.15, -0.1) is 0 Å². The average molecular weight is 282 g/mol. The summed E-state index contributed by atoms with van der Waals surface area (Å²) in [6.45, 7) is 3.77. The van der Waals surface area contributed by atoms with Crippen molar-refractivity contribution in [3.63, 3.8) is 0 Å². The van der Waals surface area contributed by atoms with Gasteiger partial charge in [0.15, 0.2) is 0 Å². The molecule has 2 aromatic carbocycles. The number of amides is 1. The van der Waals surface area contributed by atoms with Crippen LogP contribution in [0.3, 0.4) is 0 Å². The summed E-state index contributed by atoms with van der Waals surface area (Å²) in [4.78, 5) is 14.4. The molecule has 0 bridgehead atoms. The van der Waals surface area contributed by atoms with Crippen LogP contribution < -0.4 is 10.5 Å². The number of anilines is 1. The summed E-state index contributed by atoms with van der Waals surface area (Å²) < 4.78 is 5.40. The van der Waals surface area contributed by atoms with Crippen molar-refractivity contribution >= 4 is 11.6 Å². The Morgan fingerprint density at radius 3 is 2.43 bits per heavy atom. The fraction of sp³-hybridized carbons (Fsp3) is 0.235. The van der Waals surface area contributed by atoms with E-state index in [2.05, 4.69) is 12.1 Å². The summed E-state index contributed by atoms with van der Waals surface area (Å²) >= 11 is 0. The molecule has 0 aromatic heterocycles. The van der Waals surface area contributed by atoms with E-state index >= 15 is 0 Å². The quantitative estimate of drug-likeness (QED) is 0.881. The predicted molar refractivity (Wildman–Crippen MR) is 82.0 cm³/mol. The number of fused-ring (bicyclic) bond motifs is 1. The highest BCUT2D eigenvalue weighted by molar-refractivity contribution is 5.95. The van der Waals surface area contributed by atoms with Crippen LogP contribution in [0.5, 0.6) is 5.75 Å². The van der Waals surface area contributed by atoms with Gasteiger partial charge in [0.25, 0.3) is 5.91 Å². The van der Waals surface area contributed by atoms with Gasteiger partial charge < -0.3 is 15.4 Å². The molecule has 1 aliphatic heterocycles. The third-order valence-corrected chi connectivity index (χ3v) is 3.68. The Morgan fingerprint density at radius 1 is 1.19 bits per heavy atom. The molecule has 0 saturated carbocycles. The first-order chi connectivity index (χ1) is 10.2. The highest BCUT2D eigenvalue weighted by Gasteiger charge is 2.24. The number of nitrogen functional groups attached to an aromatic ring is 1. The minimum absolute atomic E-state index is 0.000878. The largest absolute Gasteiger partial charge is 0.492 e. The summed E-state index contributed by atoms with van der Waals surface area (Å²) in [5.74, 6) is 0.625. The first kappa shape index (κ1) is 13.5. The summed E-state index contributed by atoms with van der Waals surface area (Å²) in [7, 11) is 0. The molecule has 2 aromatic rings. The second-order valence-corrected chi connectivity index (χ2v) is 5.12. The van der Waals surface area contributed by atoms with Gasteiger partial charge in [-0.05, 0) is 36.2 Å². The lowest BCUT2D eigenvalue weighted by Gasteiger charge is -2.16. The van der Waals surface area contributed by atoms with E-state index in [1.807, 2.05) is 24.0 Å². The molecule has 4 nitrogen and oxygen atoms in total. The van der Waals surface area contributed by atoms with Crippen molar-refractivity contribution in [3.05, 3.63) is 59.2 Å². The molecule has 4 heteroatoms. The van der Waals surface area contributed by atoms with E-state index in [9.17, 15) is 4.79 Å². The Balaban J connectivity index is 1.79. The molecule has 1 aliphatic rings. The molecule has 1 heterocycles. The van der Waals surface area contributed by atoms with Crippen molar-refractivity contribution in [2.24, 2.45) is 0 Å². The number of nitrogens with zero attached hydrogens (tertiary/aromatic N) is 1. The van der Waals surface area contributed by atoms with Crippen molar-refractivity contribution in [1.29, 1.82) is 0 Å². The molecular weight excluding hydrogens is 264 g/mol. The molecule has 108 valence electrons. The Labute approximate surface area is 124 Å². The Bertz CT molecular complexity index is 657. The van der Waals surface area contributed by atoms with Crippen LogP contribution in [0.1, 0.15) is 28.4 Å². The molecular formula is C17H18N2O2. The van der Waals surface area contributed by atoms with E-state index in [-0.39, 0.29) is 5.91 Å². The maximum absolute atomic E-state index is 12.6. The summed E-state index contributed by atoms with van der Waals surface area (Å²) in [6.07, 6.45) is 0. The maximum Gasteiger partial charge on any atom is 0.254 e. The zero-order valence-corrected chi connectivity index (χ0v) is 12.0. The summed E-state index contributed by atoms with van der Waals surface area (Å²) in [6, 6.07) is 13.4. The Morgan fingerprint density at radius 2 is 1.86 bits per heavy atom. The Kier molecular flexibility index (Phi) is 3.52. The molecule has 0 radical (unpaired) electrons. The normalized spacial score (nSPS) is 13.1. The third-order valence-electron chi connectivity index (χ3n) is 3.68. The van der Waals surface area contributed by atoms with Gasteiger partial charge in [-0.2, -0.15) is 0 Å². The summed E-state index contributed by atoms with van der Waals surface area (Å²) in [5, 5.41) is 0. The number of rotatable bonds is 3. The molecule has 0 spiro atoms. The van der Waals surface area contributed by atoms with Crippen LogP contribution in [0, 0.1) is 0 Å². The van der Waals surface area contributed by atoms with E-state index in [0.717, 1.165) is 0 Å². The molecule has 0 saturated heterocycles. The second kappa shape index (κ2) is 5.48. The highest BCUT2D eigenvalue weighted by atomic mass is 16.5. The highest BCUT2D eigenvalue weighted by Crippen LogP contribution is 2.27. The molecule has 3 rings (SSSR count). The third kappa shape index (κ3) is 2.57. The lowest BCUT2D eigenvalue weighted by molar-refractivity contribution is 0.0751. The van der Waals surface area contributed by atoms with Gasteiger partial charge in [0.1, 0.15) is 5.75 Å². The lowest BCUT2D eigenvalue weighted by Crippen LogP contribution is -2.25. The monoisotopic (exact) mass is 282 g/mol. The van der Waals surface area contributed by atoms with Crippen molar-refractivity contribution < 1.29 is 9.53 Å². The minimum atomic E-state index is 0.000878. The van der Waals surface area contributed by atoms with Crippen molar-refractivity contribution in [1.82, 2.24) is 4.90 Å². The van der Waals surface area contributed by atoms with Gasteiger partial charge in [-0.25, -0.2) is 0 Å². The first-order valence-corrected chi connectivity index (χ1v) is 7.07. The molecule has 0 fully saturated rings. The number of benzene rings is 2. The van der Waals surface area contributed by atoms with Gasteiger partial charge in [-0.1, -0.05) is 24.3 Å². The molecule has 0 atom stereocenters. The number of hydrogen-bond donors (Lipinski definition) is 1. The van der Waals surface area contributed by atoms with Crippen LogP contribution in [0.2, 0.25) is 0 Å². The van der Waals surface area contributed by atoms with Crippen LogP contribution in [-0.2, 0) is 13.1 Å². The zero-order valence-electron chi connectivity index (χ0n) is 12.0. The lowest BCUT2D eigenvalue weighted by atomic mass is 10.1. The van der Waals surface area contributed by atoms with E-state index in [1.165, 1.54) is 11.1 Å². The number of carbonyl (C=O) groups is 1. The molecule has 0 unspecified atom stereocenters. The van der Waals surface area contributed by atoms with E-state index in [0.29, 0.717) is 36.7 Å². The van der Waals surface area contributed by atoms with Crippen molar-refractivity contribution in [2.75, 3.05) is 12.3 Å². The zero-order chi connectivity index (χ0) is 14.8. The SMILES string of the molecule is CCOc1ccc(C(=O)N2Cc3ccccc3C2)cc1N. The molecule has 21 heavy (non-hydrogen) atoms. The van der Waals surface area contributed by atoms with Crippen LogP contribution in [0.25, 0.3) is 0 Å². The second-order valence-electron chi connectivity index (χ2n) is 5.12. The topological polar surface area (TPSA) is 55.6 Å². The van der Waals surface area contributed by atoms with Crippen molar-refractivity contribution in [3.8, 4) is 5.75 Å². The van der Waals surface area contributed by atoms with E-state index in [4.69, 9.17) is 10.5 Å². The average Bonchev–Trinajstić information content (AvgIpc) is 2.92. The standard InChI is InChI=1S/C17H18N2O2/c1-2-21-16-8-7-12(9-15(16)18)17(20)19-10-13-5-3-4-6-14(13)11-19/h3-9H,2,10-11,18H2,1H3. The van der Waals surface area contributed by atoms with Crippen LogP contribution in [0.4, 0.5) is 5.69 Å². The van der Waals surface area contributed by atoms with Gasteiger partial charge in [0, 0.05) is 18.7 Å². The van der Waals surface area contributed by atoms with Gasteiger partial charge >= 0.3 is 0 Å². The van der Waals surface area contributed by atoms with Gasteiger partial charge in [0.2, 0.25) is 0 Å². The predicted octanol–water partition coefficient (Wildman–Crippen LogP) is 2.82. The van der Waals surface area contributed by atoms with Crippen molar-refractivity contribution in [2.45, 2.75) is 20.0 Å². The van der Waals surface area contributed by atoms with E-state index < -0.39 is 0 Å². The van der Waals surface area contributed by atoms with Crippen LogP contribution in [-0.4, -0.2) is 17.4 Å². The number of ether oxygens (including phenoxy) is 1. The van der Waals surface area contributed by atoms with E-state index in [1.54, 1.807) is 18.2 Å². The fourth-order valence-electron chi connectivity index (χ4n) is 2.63. The minimum Gasteiger partial charge on any atom is -0.492 e. The van der Waals surface area contributed by atoms with Gasteiger partial charge in [-0.3, -0.25) is 4.79 Å². The smallest absolute Gasteiger partial charge is 0.254 e. The van der Waals surface area contributed by atoms with Crippen LogP contribution in [0.15, 0.2) is 42.5 Å². The maximum atomic E-state index is 12.6. The molecule has 2 N–H and O–H groups in total. The number of nitrogens with two attached hydrogens (primary N) is 1. The Hall–Kier alpha value is -2.49. The first-order valence-electron chi connectivity index (χ1n) is 7.07. The van der Waals surface area contributed by atoms with Crippen LogP contribution >= 0.6 is 0 Å². The van der Waals surface area contributed by atoms with Gasteiger partial charge in [0.05, 0.1) is 12.3 Å². The number of carbonyl (C=O) groups excluding carboxylic acids is 1. The number of hydrogen-bond acceptors (Lipinski definition) is 3. The summed E-state index contributed by atoms with van der Waals surface area (Å²) in [5.41, 5.74) is 9.46. The molecule has 0 aliphatic carbocycles. The fourth-order valence-corrected chi connectivity index (χ4v) is 2.63.